The smallest absolute Gasteiger partial charge is 0.218 e. The normalized spacial score (nSPS) is 40.4. The number of aliphatic hydroxyl groups excluding tert-OH is 11. The summed E-state index contributed by atoms with van der Waals surface area (Å²) in [4.78, 5) is 76.5. The SMILES string of the molecule is CC(=O)N[C@H]1[C@@H](O[C@H]2[C@H](O)[C@@H](O)[C@H](O[C@H]3[C@H](OS(=O)(=O)[O-])[C@@H](NS(=O)(=O)[O-])[C@@H](O[C@H]4[C@H](O)[C@@H](OS(=O)(=O)[O-])[C@H](O[C@H]5[C@H](O)[C@@H](NS(=O)(=O)[O-])[C@@H](O[C@H]6[C@H](O)[C@@H](O)[C@H](O[C@H]7[C@H](O)[C@@H](NC(C)=O)C(O)O[C@@H]7COS(=O)(=O)[O-])O[C@H]6C(=O)[O-])O[C@@H]5COS(=O)(=O)[O-])O[C@H]4C(=O)[O-])O[C@@H]3COS(=O)(=O)[O-])O[C@@H]2C(=O)[O-])O[C@H](COS(=O)(=O)[O-])[C@@H](O[C@@H]2OC(C(=O)[O-])[C@@H](C(C)(C)C)[C@H](O)[C@H]2O)[C@@H]1O. The quantitative estimate of drug-likeness (QED) is 0.0200. The predicted molar refractivity (Wildman–Crippen MR) is 369 cm³/mol. The van der Waals surface area contributed by atoms with Gasteiger partial charge >= 0.3 is 0 Å². The summed E-state index contributed by atoms with van der Waals surface area (Å²) in [7, 11) is -50.9. The maximum atomic E-state index is 13.3. The molecule has 8 aliphatic heterocycles. The van der Waals surface area contributed by atoms with Crippen LogP contribution in [-0.2, 0) is 208 Å². The van der Waals surface area contributed by atoms with Crippen LogP contribution >= 0.6 is 0 Å². The topological polar surface area (TPSA) is 1120 Å². The maximum absolute atomic E-state index is 13.3. The first-order valence-corrected chi connectivity index (χ1v) is 47.7. The first kappa shape index (κ1) is 114. The molecule has 134 heavy (non-hydrogen) atoms. The molecule has 8 aliphatic rings. The molecule has 15 N–H and O–H groups in total. The molecule has 0 aliphatic carbocycles. The van der Waals surface area contributed by atoms with Crippen molar-refractivity contribution in [3.63, 3.8) is 0 Å². The van der Waals surface area contributed by atoms with Crippen molar-refractivity contribution in [2.24, 2.45) is 11.3 Å². The first-order valence-electron chi connectivity index (χ1n) is 36.9. The van der Waals surface area contributed by atoms with E-state index in [9.17, 15) is 209 Å². The van der Waals surface area contributed by atoms with Crippen molar-refractivity contribution < 1.29 is 305 Å². The number of carboxylic acids is 4. The Kier molecular flexibility index (Phi) is 37.5. The molecule has 40 atom stereocenters. The second-order valence-corrected chi connectivity index (χ2v) is 39.0. The average Bonchev–Trinajstić information content (AvgIpc) is 0.752. The fourth-order valence-electron chi connectivity index (χ4n) is 14.8. The zero-order valence-electron chi connectivity index (χ0n) is 67.1. The molecule has 8 rings (SSSR count). The standard InChI is InChI=1S/C56H90N4O66S8/c1-10(61)57-17-22(64)31(12(110-48(17)81)6-106-129(88,89)90)114-53-28(70)25(67)38(42(122-53)46(77)78)120-50-19(59-127(82,83)84)24(66)33(14(112-50)8-108-131(94,95)96)116-55-40(126-134(103,104)105)30(72)39(43(124-55)47(79)80)121-51-20(60-128(85,86)87)36(125-133(100,101)102)34(15(113-51)9-109-132(97,98)99)117-54-29(71)26(68)37(41(123-54)45(75)76)119-49-18(58-11(2)62)23(65)32(13(111-49)7-107-130(91,92)93)115-52-27(69)21(63)16(56(3,4)5)35(118-52)44(73)74/h12-43,48-55,59-60,63-72,81H,6-9H2,1-5H3,(H,57,61)(H,58,62)(H,73,74)(H,75,76)(H,77,78)(H,79,80)(H,82,83,84)(H,85,86,87)(H,88,89,90)(H,91,92,93)(H,94,95,96)(H,97,98,99)(H,100,101,102)(H,103,104,105)/p-12/t12-,13-,14-,15-,16+,17-,18-,19-,20-,21+,22-,23-,24-,25-,26-,27-,28-,29-,30+,31-,32-,33-,34-,35?,36-,37+,38+,39+,40-,41+,42-,43-,48?,49-,50-,51-,52-,53-,54-,55-/m1/s1. The zero-order valence-corrected chi connectivity index (χ0v) is 73.6. The van der Waals surface area contributed by atoms with Crippen LogP contribution in [0, 0.1) is 11.3 Å². The lowest BCUT2D eigenvalue weighted by Crippen LogP contribution is -2.72. The molecule has 0 spiro atoms. The van der Waals surface area contributed by atoms with E-state index >= 15 is 0 Å². The van der Waals surface area contributed by atoms with Crippen LogP contribution in [0.4, 0.5) is 0 Å². The second-order valence-electron chi connectivity index (χ2n) is 30.5. The highest BCUT2D eigenvalue weighted by Gasteiger charge is 2.63. The van der Waals surface area contributed by atoms with Crippen molar-refractivity contribution in [3.05, 3.63) is 0 Å². The van der Waals surface area contributed by atoms with E-state index in [0.29, 0.717) is 6.92 Å². The molecule has 70 nitrogen and oxygen atoms in total. The minimum absolute atomic E-state index is 0.661. The van der Waals surface area contributed by atoms with Crippen LogP contribution < -0.4 is 40.5 Å². The van der Waals surface area contributed by atoms with Gasteiger partial charge in [-0.1, -0.05) is 20.8 Å². The van der Waals surface area contributed by atoms with Gasteiger partial charge in [0.2, 0.25) is 74.2 Å². The summed E-state index contributed by atoms with van der Waals surface area (Å²) in [6, 6.07) is -11.3. The van der Waals surface area contributed by atoms with Gasteiger partial charge in [-0.25, -0.2) is 76.8 Å². The molecular weight excluding hydrogens is 2040 g/mol. The van der Waals surface area contributed by atoms with Crippen molar-refractivity contribution in [2.45, 2.75) is 274 Å². The number of carboxylic acid groups (broad SMARTS) is 4. The highest BCUT2D eigenvalue weighted by Crippen LogP contribution is 2.44. The lowest BCUT2D eigenvalue weighted by molar-refractivity contribution is -0.394. The van der Waals surface area contributed by atoms with Crippen molar-refractivity contribution in [1.29, 1.82) is 0 Å². The van der Waals surface area contributed by atoms with Crippen LogP contribution in [0.5, 0.6) is 0 Å². The predicted octanol–water partition coefficient (Wildman–Crippen LogP) is -25.8. The van der Waals surface area contributed by atoms with Crippen molar-refractivity contribution in [2.75, 3.05) is 26.4 Å². The molecule has 8 heterocycles. The van der Waals surface area contributed by atoms with Crippen LogP contribution in [0.25, 0.3) is 0 Å². The molecule has 8 fully saturated rings. The van der Waals surface area contributed by atoms with Crippen molar-refractivity contribution in [3.8, 4) is 0 Å². The van der Waals surface area contributed by atoms with Crippen LogP contribution in [0.1, 0.15) is 34.6 Å². The van der Waals surface area contributed by atoms with Gasteiger partial charge < -0.3 is 214 Å². The third-order valence-electron chi connectivity index (χ3n) is 20.1. The number of aliphatic hydroxyl groups is 11. The van der Waals surface area contributed by atoms with Gasteiger partial charge in [0, 0.05) is 19.8 Å². The van der Waals surface area contributed by atoms with E-state index in [1.165, 1.54) is 20.8 Å². The van der Waals surface area contributed by atoms with Crippen LogP contribution in [0.3, 0.4) is 0 Å². The van der Waals surface area contributed by atoms with Gasteiger partial charge in [-0.05, 0) is 5.41 Å². The number of amides is 2. The average molecular weight is 2120 g/mol. The Morgan fingerprint density at radius 2 is 0.567 bits per heavy atom. The van der Waals surface area contributed by atoms with Gasteiger partial charge in [0.05, 0.1) is 56.4 Å². The van der Waals surface area contributed by atoms with E-state index in [1.54, 1.807) is 0 Å². The van der Waals surface area contributed by atoms with Crippen LogP contribution in [0.2, 0.25) is 0 Å². The monoisotopic (exact) mass is 2120 g/mol. The van der Waals surface area contributed by atoms with E-state index in [0.717, 1.165) is 16.4 Å². The highest BCUT2D eigenvalue weighted by atomic mass is 32.3. The number of rotatable bonds is 40. The summed E-state index contributed by atoms with van der Waals surface area (Å²) in [5, 5.41) is 182. The number of carbonyl (C=O) groups is 6. The fourth-order valence-corrected chi connectivity index (χ4v) is 18.1. The highest BCUT2D eigenvalue weighted by molar-refractivity contribution is 7.84. The van der Waals surface area contributed by atoms with Gasteiger partial charge in [0.25, 0.3) is 0 Å². The Morgan fingerprint density at radius 3 is 0.918 bits per heavy atom. The summed E-state index contributed by atoms with van der Waals surface area (Å²) < 4.78 is 402. The molecule has 78 heteroatoms. The summed E-state index contributed by atoms with van der Waals surface area (Å²) in [6.45, 7) is -2.11. The largest absolute Gasteiger partial charge is 0.735 e. The Labute approximate surface area is 752 Å². The lowest BCUT2D eigenvalue weighted by atomic mass is 9.71. The number of carbonyl (C=O) groups excluding carboxylic acids is 6. The number of hydrogen-bond donors (Lipinski definition) is 15. The van der Waals surface area contributed by atoms with Crippen molar-refractivity contribution >= 4 is 119 Å². The molecule has 0 radical (unpaired) electrons. The van der Waals surface area contributed by atoms with Gasteiger partial charge in [-0.15, -0.1) is 0 Å². The summed E-state index contributed by atoms with van der Waals surface area (Å²) in [6.07, 6.45) is -105. The molecule has 0 aromatic carbocycles. The Hall–Kier alpha value is -5.26. The van der Waals surface area contributed by atoms with E-state index in [2.05, 4.69) is 25.1 Å². The van der Waals surface area contributed by atoms with Crippen molar-refractivity contribution in [1.82, 2.24) is 20.1 Å². The van der Waals surface area contributed by atoms with E-state index in [4.69, 9.17) is 71.1 Å². The summed E-state index contributed by atoms with van der Waals surface area (Å²) in [5.74, 6) is -14.4. The van der Waals surface area contributed by atoms with E-state index in [1.807, 2.05) is 10.6 Å². The summed E-state index contributed by atoms with van der Waals surface area (Å²) >= 11 is 0. The summed E-state index contributed by atoms with van der Waals surface area (Å²) in [5.41, 5.74) is -1.26. The number of nitrogens with one attached hydrogen (secondary N) is 4. The molecule has 0 aromatic heterocycles. The molecular formula is C56H78N4O66S8-12. The minimum atomic E-state index is -6.85. The molecule has 0 aromatic rings. The van der Waals surface area contributed by atoms with Gasteiger partial charge in [0.15, 0.2) is 77.0 Å². The third-order valence-corrected chi connectivity index (χ3v) is 23.9. The Balaban J connectivity index is 1.13. The zero-order chi connectivity index (χ0) is 102. The fraction of sp³-hybridized carbons (Fsp3) is 0.893. The maximum Gasteiger partial charge on any atom is 0.218 e. The van der Waals surface area contributed by atoms with E-state index in [-0.39, 0.29) is 0 Å². The van der Waals surface area contributed by atoms with Gasteiger partial charge in [-0.2, -0.15) is 0 Å². The number of ether oxygens (including phenoxy) is 15. The molecule has 2 amide bonds. The molecule has 778 valence electrons. The first-order chi connectivity index (χ1) is 61.0. The molecule has 2 unspecified atom stereocenters. The lowest BCUT2D eigenvalue weighted by Gasteiger charge is -2.52. The van der Waals surface area contributed by atoms with Crippen LogP contribution in [0.15, 0.2) is 0 Å². The van der Waals surface area contributed by atoms with E-state index < -0.39 is 396 Å². The second kappa shape index (κ2) is 44.1. The Bertz CT molecular complexity index is 5100. The number of aliphatic carboxylic acids is 4. The molecule has 0 bridgehead atoms. The third kappa shape index (κ3) is 30.4. The molecule has 8 saturated heterocycles. The number of hydrogen-bond acceptors (Lipinski definition) is 66. The molecule has 0 saturated carbocycles. The van der Waals surface area contributed by atoms with Crippen LogP contribution in [-0.4, -0.2) is 461 Å². The Morgan fingerprint density at radius 1 is 0.291 bits per heavy atom. The minimum Gasteiger partial charge on any atom is -0.735 e. The van der Waals surface area contributed by atoms with Gasteiger partial charge in [0.1, 0.15) is 177 Å². The van der Waals surface area contributed by atoms with Gasteiger partial charge in [-0.3, -0.25) is 34.7 Å².